The number of methoxy groups -OCH3 is 1. The minimum Gasteiger partial charge on any atom is -0.480 e. The second-order valence-corrected chi connectivity index (χ2v) is 5.64. The van der Waals surface area contributed by atoms with E-state index in [0.29, 0.717) is 32.0 Å². The van der Waals surface area contributed by atoms with E-state index in [1.54, 1.807) is 7.11 Å². The predicted molar refractivity (Wildman–Crippen MR) is 78.1 cm³/mol. The summed E-state index contributed by atoms with van der Waals surface area (Å²) in [5.74, 6) is -0.609. The fourth-order valence-electron chi connectivity index (χ4n) is 2.71. The maximum absolute atomic E-state index is 11.9. The molecule has 6 heteroatoms. The topological polar surface area (TPSA) is 84.9 Å². The molecule has 21 heavy (non-hydrogen) atoms. The number of nitrogens with one attached hydrogen (secondary N) is 1. The number of carbonyl (C=O) groups excluding carboxylic acids is 1. The van der Waals surface area contributed by atoms with Crippen molar-refractivity contribution in [2.45, 2.75) is 51.0 Å². The molecule has 0 bridgehead atoms. The second-order valence-electron chi connectivity index (χ2n) is 5.64. The molecule has 122 valence electrons. The van der Waals surface area contributed by atoms with Gasteiger partial charge in [-0.3, -0.25) is 4.79 Å². The highest BCUT2D eigenvalue weighted by Gasteiger charge is 2.42. The Hall–Kier alpha value is -1.14. The Morgan fingerprint density at radius 2 is 1.90 bits per heavy atom. The first-order chi connectivity index (χ1) is 10.0. The van der Waals surface area contributed by atoms with Gasteiger partial charge in [0, 0.05) is 13.5 Å². The van der Waals surface area contributed by atoms with Crippen molar-refractivity contribution in [1.82, 2.24) is 5.32 Å². The molecule has 1 rings (SSSR count). The molecule has 1 aliphatic rings. The van der Waals surface area contributed by atoms with Gasteiger partial charge in [0.2, 0.25) is 5.91 Å². The number of hydrogen-bond acceptors (Lipinski definition) is 4. The van der Waals surface area contributed by atoms with E-state index >= 15 is 0 Å². The molecule has 6 nitrogen and oxygen atoms in total. The largest absolute Gasteiger partial charge is 0.480 e. The normalized spacial score (nSPS) is 25.5. The van der Waals surface area contributed by atoms with Crippen molar-refractivity contribution < 1.29 is 24.2 Å². The maximum Gasteiger partial charge on any atom is 0.329 e. The van der Waals surface area contributed by atoms with Crippen LogP contribution in [0.1, 0.15) is 45.4 Å². The molecular formula is C15H27NO5. The van der Waals surface area contributed by atoms with E-state index in [1.807, 2.05) is 0 Å². The number of hydrogen-bond donors (Lipinski definition) is 2. The van der Waals surface area contributed by atoms with Gasteiger partial charge in [0.1, 0.15) is 5.54 Å². The Morgan fingerprint density at radius 1 is 1.24 bits per heavy atom. The van der Waals surface area contributed by atoms with Crippen LogP contribution >= 0.6 is 0 Å². The third kappa shape index (κ3) is 5.63. The average Bonchev–Trinajstić information content (AvgIpc) is 2.47. The second kappa shape index (κ2) is 9.00. The Balaban J connectivity index is 2.40. The molecule has 0 radical (unpaired) electrons. The van der Waals surface area contributed by atoms with Gasteiger partial charge in [0.05, 0.1) is 19.8 Å². The molecular weight excluding hydrogens is 274 g/mol. The van der Waals surface area contributed by atoms with E-state index in [9.17, 15) is 14.7 Å². The summed E-state index contributed by atoms with van der Waals surface area (Å²) in [6.45, 7) is 3.32. The molecule has 1 saturated carbocycles. The van der Waals surface area contributed by atoms with Crippen LogP contribution in [0, 0.1) is 5.92 Å². The average molecular weight is 301 g/mol. The summed E-state index contributed by atoms with van der Waals surface area (Å²) in [6, 6.07) is 0. The number of rotatable bonds is 9. The molecule has 0 saturated heterocycles. The van der Waals surface area contributed by atoms with Crippen molar-refractivity contribution in [3.8, 4) is 0 Å². The van der Waals surface area contributed by atoms with Gasteiger partial charge in [0.25, 0.3) is 0 Å². The fourth-order valence-corrected chi connectivity index (χ4v) is 2.71. The van der Waals surface area contributed by atoms with E-state index < -0.39 is 11.5 Å². The SMILES string of the molecule is CCC1CCC(NC(=O)CCOCCOC)(C(=O)O)CC1. The van der Waals surface area contributed by atoms with Crippen molar-refractivity contribution in [3.63, 3.8) is 0 Å². The molecule has 2 N–H and O–H groups in total. The summed E-state index contributed by atoms with van der Waals surface area (Å²) in [6.07, 6.45) is 3.97. The number of carboxylic acids is 1. The van der Waals surface area contributed by atoms with E-state index in [-0.39, 0.29) is 18.9 Å². The van der Waals surface area contributed by atoms with E-state index in [0.717, 1.165) is 19.3 Å². The van der Waals surface area contributed by atoms with Crippen molar-refractivity contribution in [2.75, 3.05) is 26.9 Å². The van der Waals surface area contributed by atoms with Gasteiger partial charge in [0.15, 0.2) is 0 Å². The van der Waals surface area contributed by atoms with Gasteiger partial charge in [-0.05, 0) is 31.6 Å². The minimum atomic E-state index is -1.09. The molecule has 0 aromatic rings. The summed E-state index contributed by atoms with van der Waals surface area (Å²) in [4.78, 5) is 23.5. The fraction of sp³-hybridized carbons (Fsp3) is 0.867. The summed E-state index contributed by atoms with van der Waals surface area (Å²) in [5.41, 5.74) is -1.09. The lowest BCUT2D eigenvalue weighted by Gasteiger charge is -2.37. The Labute approximate surface area is 126 Å². The van der Waals surface area contributed by atoms with Crippen LogP contribution in [-0.2, 0) is 19.1 Å². The van der Waals surface area contributed by atoms with Crippen molar-refractivity contribution >= 4 is 11.9 Å². The molecule has 0 spiro atoms. The first-order valence-corrected chi connectivity index (χ1v) is 7.65. The molecule has 0 aromatic heterocycles. The summed E-state index contributed by atoms with van der Waals surface area (Å²) < 4.78 is 10.1. The third-order valence-electron chi connectivity index (χ3n) is 4.23. The first-order valence-electron chi connectivity index (χ1n) is 7.65. The molecule has 0 heterocycles. The van der Waals surface area contributed by atoms with Crippen LogP contribution < -0.4 is 5.32 Å². The number of carboxylic acid groups (broad SMARTS) is 1. The number of aliphatic carboxylic acids is 1. The first kappa shape index (κ1) is 17.9. The van der Waals surface area contributed by atoms with Crippen LogP contribution in [0.5, 0.6) is 0 Å². The van der Waals surface area contributed by atoms with Crippen LogP contribution in [0.4, 0.5) is 0 Å². The maximum atomic E-state index is 11.9. The Morgan fingerprint density at radius 3 is 2.43 bits per heavy atom. The smallest absolute Gasteiger partial charge is 0.329 e. The van der Waals surface area contributed by atoms with Gasteiger partial charge in [-0.15, -0.1) is 0 Å². The van der Waals surface area contributed by atoms with Crippen molar-refractivity contribution in [1.29, 1.82) is 0 Å². The van der Waals surface area contributed by atoms with Crippen molar-refractivity contribution in [3.05, 3.63) is 0 Å². The van der Waals surface area contributed by atoms with Crippen molar-refractivity contribution in [2.24, 2.45) is 5.92 Å². The van der Waals surface area contributed by atoms with Crippen LogP contribution in [-0.4, -0.2) is 49.5 Å². The molecule has 0 aromatic carbocycles. The van der Waals surface area contributed by atoms with Crippen LogP contribution in [0.25, 0.3) is 0 Å². The lowest BCUT2D eigenvalue weighted by atomic mass is 9.75. The number of carbonyl (C=O) groups is 2. The molecule has 0 aliphatic heterocycles. The molecule has 1 aliphatic carbocycles. The van der Waals surface area contributed by atoms with Crippen LogP contribution in [0.2, 0.25) is 0 Å². The number of amides is 1. The summed E-state index contributed by atoms with van der Waals surface area (Å²) >= 11 is 0. The molecule has 1 amide bonds. The summed E-state index contributed by atoms with van der Waals surface area (Å²) in [5, 5.41) is 12.2. The van der Waals surface area contributed by atoms with Crippen LogP contribution in [0.15, 0.2) is 0 Å². The zero-order valence-electron chi connectivity index (χ0n) is 13.0. The van der Waals surface area contributed by atoms with E-state index in [1.165, 1.54) is 0 Å². The zero-order chi connectivity index (χ0) is 15.7. The van der Waals surface area contributed by atoms with Gasteiger partial charge in [-0.2, -0.15) is 0 Å². The number of ether oxygens (including phenoxy) is 2. The predicted octanol–water partition coefficient (Wildman–Crippen LogP) is 1.58. The van der Waals surface area contributed by atoms with Gasteiger partial charge in [-0.25, -0.2) is 4.79 Å². The monoisotopic (exact) mass is 301 g/mol. The standard InChI is InChI=1S/C15H27NO5/c1-3-12-4-7-15(8-5-12,14(18)19)16-13(17)6-9-21-11-10-20-2/h12H,3-11H2,1-2H3,(H,16,17)(H,18,19). The van der Waals surface area contributed by atoms with E-state index in [4.69, 9.17) is 9.47 Å². The van der Waals surface area contributed by atoms with Gasteiger partial charge in [-0.1, -0.05) is 13.3 Å². The lowest BCUT2D eigenvalue weighted by molar-refractivity contribution is -0.150. The third-order valence-corrected chi connectivity index (χ3v) is 4.23. The molecule has 1 fully saturated rings. The quantitative estimate of drug-likeness (QED) is 0.632. The van der Waals surface area contributed by atoms with E-state index in [2.05, 4.69) is 12.2 Å². The Kier molecular flexibility index (Phi) is 7.67. The van der Waals surface area contributed by atoms with Gasteiger partial charge < -0.3 is 19.9 Å². The lowest BCUT2D eigenvalue weighted by Crippen LogP contribution is -2.56. The molecule has 0 atom stereocenters. The van der Waals surface area contributed by atoms with Crippen LogP contribution in [0.3, 0.4) is 0 Å². The highest BCUT2D eigenvalue weighted by Crippen LogP contribution is 2.34. The molecule has 0 unspecified atom stereocenters. The summed E-state index contributed by atoms with van der Waals surface area (Å²) in [7, 11) is 1.58. The highest BCUT2D eigenvalue weighted by molar-refractivity contribution is 5.87. The van der Waals surface area contributed by atoms with Gasteiger partial charge >= 0.3 is 5.97 Å². The minimum absolute atomic E-state index is 0.177. The Bertz CT molecular complexity index is 337. The zero-order valence-corrected chi connectivity index (χ0v) is 13.0. The highest BCUT2D eigenvalue weighted by atomic mass is 16.5.